The summed E-state index contributed by atoms with van der Waals surface area (Å²) in [4.78, 5) is 16.4. The molecule has 6 nitrogen and oxygen atoms in total. The Balaban J connectivity index is 1.37. The second kappa shape index (κ2) is 5.72. The molecule has 23 heavy (non-hydrogen) atoms. The molecule has 0 saturated heterocycles. The average molecular weight is 309 g/mol. The molecule has 0 aliphatic heterocycles. The summed E-state index contributed by atoms with van der Waals surface area (Å²) in [7, 11) is 0. The summed E-state index contributed by atoms with van der Waals surface area (Å²) in [6.45, 7) is 0.385. The fourth-order valence-electron chi connectivity index (χ4n) is 2.33. The summed E-state index contributed by atoms with van der Waals surface area (Å²) in [5.74, 6) is 1.73. The molecule has 6 heteroatoms. The van der Waals surface area contributed by atoms with Gasteiger partial charge in [-0.1, -0.05) is 11.2 Å². The minimum Gasteiger partial charge on any atom is -0.463 e. The van der Waals surface area contributed by atoms with Gasteiger partial charge in [0.2, 0.25) is 0 Å². The molecule has 0 aromatic carbocycles. The Morgan fingerprint density at radius 1 is 1.30 bits per heavy atom. The third-order valence-corrected chi connectivity index (χ3v) is 3.79. The smallest absolute Gasteiger partial charge is 0.273 e. The molecule has 3 aromatic heterocycles. The van der Waals surface area contributed by atoms with Gasteiger partial charge in [-0.3, -0.25) is 9.78 Å². The van der Waals surface area contributed by atoms with Crippen LogP contribution in [0.25, 0.3) is 11.5 Å². The van der Waals surface area contributed by atoms with Gasteiger partial charge in [-0.05, 0) is 36.6 Å². The van der Waals surface area contributed by atoms with Gasteiger partial charge in [0.25, 0.3) is 5.91 Å². The van der Waals surface area contributed by atoms with Crippen LogP contribution in [0.5, 0.6) is 0 Å². The SMILES string of the molecule is O=C(NCc1ccc(-c2ccco2)nc1)c1cc(C2CC2)on1. The first-order valence-electron chi connectivity index (χ1n) is 7.53. The standard InChI is InChI=1S/C17H15N3O3/c21-17(14-8-16(23-20-14)12-4-5-12)19-10-11-3-6-13(18-9-11)15-2-1-7-22-15/h1-3,6-9,12H,4-5,10H2,(H,19,21). The molecule has 1 aliphatic carbocycles. The minimum absolute atomic E-state index is 0.240. The van der Waals surface area contributed by atoms with Crippen LogP contribution in [-0.2, 0) is 6.54 Å². The lowest BCUT2D eigenvalue weighted by molar-refractivity contribution is 0.0941. The van der Waals surface area contributed by atoms with E-state index in [0.29, 0.717) is 18.2 Å². The first-order valence-corrected chi connectivity index (χ1v) is 7.53. The predicted octanol–water partition coefficient (Wildman–Crippen LogP) is 3.14. The number of rotatable bonds is 5. The van der Waals surface area contributed by atoms with Crippen molar-refractivity contribution in [3.05, 3.63) is 59.8 Å². The Hall–Kier alpha value is -2.89. The van der Waals surface area contributed by atoms with Crippen molar-refractivity contribution in [3.8, 4) is 11.5 Å². The van der Waals surface area contributed by atoms with Crippen LogP contribution < -0.4 is 5.32 Å². The molecule has 1 amide bonds. The summed E-state index contributed by atoms with van der Waals surface area (Å²) in [5, 5.41) is 6.64. The van der Waals surface area contributed by atoms with E-state index in [4.69, 9.17) is 8.94 Å². The van der Waals surface area contributed by atoms with Crippen molar-refractivity contribution in [2.24, 2.45) is 0 Å². The maximum absolute atomic E-state index is 12.1. The van der Waals surface area contributed by atoms with Gasteiger partial charge >= 0.3 is 0 Å². The van der Waals surface area contributed by atoms with Gasteiger partial charge in [0.05, 0.1) is 6.26 Å². The number of hydrogen-bond acceptors (Lipinski definition) is 5. The van der Waals surface area contributed by atoms with Crippen molar-refractivity contribution in [1.29, 1.82) is 0 Å². The molecule has 116 valence electrons. The highest BCUT2D eigenvalue weighted by molar-refractivity contribution is 5.92. The fourth-order valence-corrected chi connectivity index (χ4v) is 2.33. The summed E-state index contributed by atoms with van der Waals surface area (Å²) >= 11 is 0. The molecule has 1 saturated carbocycles. The van der Waals surface area contributed by atoms with Gasteiger partial charge in [-0.2, -0.15) is 0 Å². The van der Waals surface area contributed by atoms with Gasteiger partial charge in [0.1, 0.15) is 11.5 Å². The second-order valence-electron chi connectivity index (χ2n) is 5.60. The lowest BCUT2D eigenvalue weighted by Crippen LogP contribution is -2.23. The van der Waals surface area contributed by atoms with Crippen LogP contribution in [0.4, 0.5) is 0 Å². The fraction of sp³-hybridized carbons (Fsp3) is 0.235. The Bertz CT molecular complexity index is 802. The van der Waals surface area contributed by atoms with Crippen LogP contribution in [-0.4, -0.2) is 16.0 Å². The number of nitrogens with zero attached hydrogens (tertiary/aromatic N) is 2. The van der Waals surface area contributed by atoms with E-state index >= 15 is 0 Å². The molecule has 3 aromatic rings. The first kappa shape index (κ1) is 13.8. The number of pyridine rings is 1. The molecule has 4 rings (SSSR count). The van der Waals surface area contributed by atoms with E-state index in [1.807, 2.05) is 24.3 Å². The molecule has 0 spiro atoms. The van der Waals surface area contributed by atoms with Crippen LogP contribution in [0, 0.1) is 0 Å². The quantitative estimate of drug-likeness (QED) is 0.783. The number of nitrogens with one attached hydrogen (secondary N) is 1. The summed E-state index contributed by atoms with van der Waals surface area (Å²) < 4.78 is 10.5. The Labute approximate surface area is 132 Å². The Kier molecular flexibility index (Phi) is 3.42. The Morgan fingerprint density at radius 2 is 2.22 bits per heavy atom. The molecule has 1 fully saturated rings. The van der Waals surface area contributed by atoms with Gasteiger partial charge < -0.3 is 14.3 Å². The molecule has 3 heterocycles. The van der Waals surface area contributed by atoms with Crippen molar-refractivity contribution < 1.29 is 13.7 Å². The number of carbonyl (C=O) groups is 1. The maximum Gasteiger partial charge on any atom is 0.273 e. The molecular formula is C17H15N3O3. The molecule has 0 radical (unpaired) electrons. The number of aromatic nitrogens is 2. The van der Waals surface area contributed by atoms with E-state index in [2.05, 4.69) is 15.5 Å². The monoisotopic (exact) mass is 309 g/mol. The largest absolute Gasteiger partial charge is 0.463 e. The minimum atomic E-state index is -0.240. The third-order valence-electron chi connectivity index (χ3n) is 3.79. The normalized spacial score (nSPS) is 13.9. The van der Waals surface area contributed by atoms with Crippen molar-refractivity contribution in [2.75, 3.05) is 0 Å². The second-order valence-corrected chi connectivity index (χ2v) is 5.60. The van der Waals surface area contributed by atoms with Gasteiger partial charge in [-0.25, -0.2) is 0 Å². The van der Waals surface area contributed by atoms with Crippen LogP contribution >= 0.6 is 0 Å². The highest BCUT2D eigenvalue weighted by atomic mass is 16.5. The number of amides is 1. The molecule has 0 atom stereocenters. The number of furan rings is 1. The van der Waals surface area contributed by atoms with Crippen LogP contribution in [0.15, 0.2) is 51.7 Å². The Morgan fingerprint density at radius 3 is 2.91 bits per heavy atom. The van der Waals surface area contributed by atoms with Gasteiger partial charge in [-0.15, -0.1) is 0 Å². The van der Waals surface area contributed by atoms with Crippen molar-refractivity contribution in [3.63, 3.8) is 0 Å². The zero-order chi connectivity index (χ0) is 15.6. The van der Waals surface area contributed by atoms with Gasteiger partial charge in [0.15, 0.2) is 11.5 Å². The lowest BCUT2D eigenvalue weighted by atomic mass is 10.2. The van der Waals surface area contributed by atoms with Crippen LogP contribution in [0.2, 0.25) is 0 Å². The predicted molar refractivity (Wildman–Crippen MR) is 81.6 cm³/mol. The molecule has 1 N–H and O–H groups in total. The third kappa shape index (κ3) is 3.01. The maximum atomic E-state index is 12.1. The number of hydrogen-bond donors (Lipinski definition) is 1. The van der Waals surface area contributed by atoms with Crippen LogP contribution in [0.1, 0.15) is 40.6 Å². The summed E-state index contributed by atoms with van der Waals surface area (Å²) in [6.07, 6.45) is 5.56. The van der Waals surface area contributed by atoms with Crippen molar-refractivity contribution in [1.82, 2.24) is 15.5 Å². The average Bonchev–Trinajstić information content (AvgIpc) is 3.10. The van der Waals surface area contributed by atoms with E-state index in [-0.39, 0.29) is 5.91 Å². The highest BCUT2D eigenvalue weighted by Crippen LogP contribution is 2.40. The van der Waals surface area contributed by atoms with Crippen molar-refractivity contribution in [2.45, 2.75) is 25.3 Å². The van der Waals surface area contributed by atoms with E-state index < -0.39 is 0 Å². The highest BCUT2D eigenvalue weighted by Gasteiger charge is 2.28. The molecular weight excluding hydrogens is 294 g/mol. The van der Waals surface area contributed by atoms with E-state index in [0.717, 1.165) is 35.6 Å². The first-order chi connectivity index (χ1) is 11.3. The molecule has 1 aliphatic rings. The zero-order valence-corrected chi connectivity index (χ0v) is 12.4. The van der Waals surface area contributed by atoms with Crippen LogP contribution in [0.3, 0.4) is 0 Å². The lowest BCUT2D eigenvalue weighted by Gasteiger charge is -2.03. The summed E-state index contributed by atoms with van der Waals surface area (Å²) in [5.41, 5.74) is 1.99. The zero-order valence-electron chi connectivity index (χ0n) is 12.4. The van der Waals surface area contributed by atoms with E-state index in [1.165, 1.54) is 0 Å². The van der Waals surface area contributed by atoms with E-state index in [9.17, 15) is 4.79 Å². The summed E-state index contributed by atoms with van der Waals surface area (Å²) in [6, 6.07) is 9.17. The topological polar surface area (TPSA) is 81.2 Å². The van der Waals surface area contributed by atoms with Crippen molar-refractivity contribution >= 4 is 5.91 Å². The van der Waals surface area contributed by atoms with E-state index in [1.54, 1.807) is 18.5 Å². The molecule has 0 unspecified atom stereocenters. The van der Waals surface area contributed by atoms with Gasteiger partial charge in [0, 0.05) is 24.7 Å². The number of carbonyl (C=O) groups excluding carboxylic acids is 1. The molecule has 0 bridgehead atoms.